The molecule has 1 heterocycles. The molecule has 0 bridgehead atoms. The lowest BCUT2D eigenvalue weighted by molar-refractivity contribution is -0.141. The van der Waals surface area contributed by atoms with Gasteiger partial charge >= 0.3 is 12.8 Å². The molecule has 6 nitrogen and oxygen atoms in total. The van der Waals surface area contributed by atoms with Gasteiger partial charge in [-0.15, -0.1) is 0 Å². The number of nitrogens with one attached hydrogen (secondary N) is 2. The van der Waals surface area contributed by atoms with Crippen molar-refractivity contribution in [3.05, 3.63) is 36.0 Å². The van der Waals surface area contributed by atoms with Crippen LogP contribution in [0.2, 0.25) is 0 Å². The third kappa shape index (κ3) is 6.19. The number of hydrogen-bond acceptors (Lipinski definition) is 6. The summed E-state index contributed by atoms with van der Waals surface area (Å²) < 4.78 is 68.0. The highest BCUT2D eigenvalue weighted by Crippen LogP contribution is 2.31. The van der Waals surface area contributed by atoms with E-state index < -0.39 is 24.5 Å². The summed E-state index contributed by atoms with van der Waals surface area (Å²) in [5.74, 6) is -0.637. The number of aliphatic hydroxyl groups is 1. The van der Waals surface area contributed by atoms with Crippen LogP contribution < -0.4 is 15.4 Å². The Bertz CT molecular complexity index is 769. The van der Waals surface area contributed by atoms with Crippen molar-refractivity contribution in [2.24, 2.45) is 5.92 Å². The second kappa shape index (κ2) is 9.00. The van der Waals surface area contributed by atoms with E-state index in [9.17, 15) is 27.1 Å². The number of alkyl halides is 5. The second-order valence-corrected chi connectivity index (χ2v) is 6.17. The van der Waals surface area contributed by atoms with E-state index in [-0.39, 0.29) is 30.0 Å². The monoisotopic (exact) mass is 406 g/mol. The summed E-state index contributed by atoms with van der Waals surface area (Å²) in [6.45, 7) is 0.267. The predicted octanol–water partition coefficient (Wildman–Crippen LogP) is 4.27. The number of ether oxygens (including phenoxy) is 1. The Morgan fingerprint density at radius 1 is 1.11 bits per heavy atom. The van der Waals surface area contributed by atoms with Gasteiger partial charge in [-0.2, -0.15) is 26.9 Å². The highest BCUT2D eigenvalue weighted by molar-refractivity contribution is 5.58. The Labute approximate surface area is 157 Å². The summed E-state index contributed by atoms with van der Waals surface area (Å²) in [5, 5.41) is 14.7. The van der Waals surface area contributed by atoms with Gasteiger partial charge in [-0.25, -0.2) is 4.98 Å². The molecule has 0 spiro atoms. The van der Waals surface area contributed by atoms with Crippen molar-refractivity contribution in [2.75, 3.05) is 17.2 Å². The number of anilines is 3. The SMILES string of the molecule is CC(C)[C@@H](CO)Nc1nc(Nc2ccc(OC(F)F)cc2)cc(C(F)(F)F)n1. The molecule has 2 aromatic rings. The standard InChI is InChI=1S/C17H19F5N4O2/c1-9(2)12(8-27)24-16-25-13(17(20,21)22)7-14(26-16)23-10-3-5-11(6-4-10)28-15(18)19/h3-7,9,12,15,27H,8H2,1-2H3,(H2,23,24,25,26)/t12-/m1/s1. The first-order valence-corrected chi connectivity index (χ1v) is 8.24. The molecule has 3 N–H and O–H groups in total. The normalized spacial score (nSPS) is 12.9. The lowest BCUT2D eigenvalue weighted by Gasteiger charge is -2.21. The average molecular weight is 406 g/mol. The molecule has 0 unspecified atom stereocenters. The van der Waals surface area contributed by atoms with E-state index in [1.165, 1.54) is 24.3 Å². The summed E-state index contributed by atoms with van der Waals surface area (Å²) in [5.41, 5.74) is -0.868. The van der Waals surface area contributed by atoms with Gasteiger partial charge in [0, 0.05) is 11.8 Å². The Kier molecular flexibility index (Phi) is 6.95. The van der Waals surface area contributed by atoms with Crippen molar-refractivity contribution in [3.63, 3.8) is 0 Å². The third-order valence-corrected chi connectivity index (χ3v) is 3.68. The fraction of sp³-hybridized carbons (Fsp3) is 0.412. The molecule has 0 aliphatic rings. The molecular formula is C17H19F5N4O2. The quantitative estimate of drug-likeness (QED) is 0.569. The van der Waals surface area contributed by atoms with E-state index in [1.807, 2.05) is 0 Å². The first kappa shape index (κ1) is 21.6. The number of aromatic nitrogens is 2. The zero-order valence-corrected chi connectivity index (χ0v) is 15.0. The van der Waals surface area contributed by atoms with Crippen molar-refractivity contribution in [3.8, 4) is 5.75 Å². The zero-order chi connectivity index (χ0) is 20.9. The van der Waals surface area contributed by atoms with Gasteiger partial charge in [0.25, 0.3) is 0 Å². The van der Waals surface area contributed by atoms with Crippen molar-refractivity contribution in [1.29, 1.82) is 0 Å². The fourth-order valence-corrected chi connectivity index (χ4v) is 2.18. The van der Waals surface area contributed by atoms with Gasteiger partial charge in [0.05, 0.1) is 12.6 Å². The molecule has 28 heavy (non-hydrogen) atoms. The molecule has 0 aliphatic heterocycles. The summed E-state index contributed by atoms with van der Waals surface area (Å²) in [6.07, 6.45) is -4.71. The van der Waals surface area contributed by atoms with E-state index >= 15 is 0 Å². The largest absolute Gasteiger partial charge is 0.435 e. The van der Waals surface area contributed by atoms with Crippen LogP contribution in [-0.4, -0.2) is 34.3 Å². The van der Waals surface area contributed by atoms with E-state index in [1.54, 1.807) is 13.8 Å². The molecule has 1 aromatic carbocycles. The zero-order valence-electron chi connectivity index (χ0n) is 15.0. The van der Waals surface area contributed by atoms with Crippen LogP contribution in [0, 0.1) is 5.92 Å². The average Bonchev–Trinajstić information content (AvgIpc) is 2.59. The lowest BCUT2D eigenvalue weighted by atomic mass is 10.1. The highest BCUT2D eigenvalue weighted by Gasteiger charge is 2.34. The molecular weight excluding hydrogens is 387 g/mol. The second-order valence-electron chi connectivity index (χ2n) is 6.17. The van der Waals surface area contributed by atoms with Crippen LogP contribution in [0.4, 0.5) is 39.4 Å². The number of aliphatic hydroxyl groups excluding tert-OH is 1. The molecule has 0 saturated heterocycles. The van der Waals surface area contributed by atoms with Crippen molar-refractivity contribution < 1.29 is 31.8 Å². The Hall–Kier alpha value is -2.69. The first-order valence-electron chi connectivity index (χ1n) is 8.24. The summed E-state index contributed by atoms with van der Waals surface area (Å²) in [7, 11) is 0. The minimum Gasteiger partial charge on any atom is -0.435 e. The Balaban J connectivity index is 2.28. The van der Waals surface area contributed by atoms with Gasteiger partial charge in [-0.05, 0) is 30.2 Å². The van der Waals surface area contributed by atoms with E-state index in [2.05, 4.69) is 25.3 Å². The summed E-state index contributed by atoms with van der Waals surface area (Å²) in [4.78, 5) is 7.45. The molecule has 2 rings (SSSR count). The molecule has 0 aliphatic carbocycles. The molecule has 1 atom stereocenters. The molecule has 0 amide bonds. The molecule has 1 aromatic heterocycles. The minimum absolute atomic E-state index is 0.0815. The van der Waals surface area contributed by atoms with Crippen LogP contribution in [0.25, 0.3) is 0 Å². The van der Waals surface area contributed by atoms with Gasteiger partial charge in [0.1, 0.15) is 11.6 Å². The van der Waals surface area contributed by atoms with Gasteiger partial charge < -0.3 is 20.5 Å². The summed E-state index contributed by atoms with van der Waals surface area (Å²) >= 11 is 0. The number of benzene rings is 1. The third-order valence-electron chi connectivity index (χ3n) is 3.68. The molecule has 0 fully saturated rings. The van der Waals surface area contributed by atoms with Crippen molar-refractivity contribution >= 4 is 17.5 Å². The lowest BCUT2D eigenvalue weighted by Crippen LogP contribution is -2.30. The maximum absolute atomic E-state index is 13.2. The van der Waals surface area contributed by atoms with Crippen molar-refractivity contribution in [1.82, 2.24) is 9.97 Å². The minimum atomic E-state index is -4.71. The highest BCUT2D eigenvalue weighted by atomic mass is 19.4. The van der Waals surface area contributed by atoms with Crippen LogP contribution in [-0.2, 0) is 6.18 Å². The van der Waals surface area contributed by atoms with Crippen LogP contribution in [0.3, 0.4) is 0 Å². The molecule has 154 valence electrons. The van der Waals surface area contributed by atoms with Crippen LogP contribution >= 0.6 is 0 Å². The van der Waals surface area contributed by atoms with Crippen molar-refractivity contribution in [2.45, 2.75) is 32.7 Å². The number of hydrogen-bond donors (Lipinski definition) is 3. The van der Waals surface area contributed by atoms with Crippen LogP contribution in [0.1, 0.15) is 19.5 Å². The number of rotatable bonds is 8. The topological polar surface area (TPSA) is 79.3 Å². The number of halogens is 5. The van der Waals surface area contributed by atoms with Gasteiger partial charge in [0.2, 0.25) is 5.95 Å². The van der Waals surface area contributed by atoms with Crippen LogP contribution in [0.15, 0.2) is 30.3 Å². The maximum Gasteiger partial charge on any atom is 0.433 e. The molecule has 0 radical (unpaired) electrons. The smallest absolute Gasteiger partial charge is 0.433 e. The molecule has 0 saturated carbocycles. The van der Waals surface area contributed by atoms with Gasteiger partial charge in [-0.3, -0.25) is 0 Å². The number of nitrogens with zero attached hydrogens (tertiary/aromatic N) is 2. The van der Waals surface area contributed by atoms with Gasteiger partial charge in [-0.1, -0.05) is 13.8 Å². The Morgan fingerprint density at radius 2 is 1.75 bits per heavy atom. The molecule has 11 heteroatoms. The predicted molar refractivity (Wildman–Crippen MR) is 92.7 cm³/mol. The van der Waals surface area contributed by atoms with Crippen LogP contribution in [0.5, 0.6) is 5.75 Å². The van der Waals surface area contributed by atoms with E-state index in [0.717, 1.165) is 6.07 Å². The Morgan fingerprint density at radius 3 is 2.25 bits per heavy atom. The van der Waals surface area contributed by atoms with E-state index in [4.69, 9.17) is 0 Å². The van der Waals surface area contributed by atoms with Gasteiger partial charge in [0.15, 0.2) is 5.69 Å². The first-order chi connectivity index (χ1) is 13.1. The fourth-order valence-electron chi connectivity index (χ4n) is 2.18. The maximum atomic E-state index is 13.2. The summed E-state index contributed by atoms with van der Waals surface area (Å²) in [6, 6.07) is 5.36. The van der Waals surface area contributed by atoms with E-state index in [0.29, 0.717) is 5.69 Å².